The van der Waals surface area contributed by atoms with Gasteiger partial charge in [0.05, 0.1) is 0 Å². The normalized spacial score (nSPS) is 53.5. The number of alkyl halides is 1. The van der Waals surface area contributed by atoms with Crippen LogP contribution in [0.4, 0.5) is 4.39 Å². The molecule has 0 spiro atoms. The van der Waals surface area contributed by atoms with Crippen molar-refractivity contribution >= 4 is 5.78 Å². The fourth-order valence-electron chi connectivity index (χ4n) is 6.06. The van der Waals surface area contributed by atoms with E-state index in [0.29, 0.717) is 18.3 Å². The highest BCUT2D eigenvalue weighted by molar-refractivity contribution is 5.93. The van der Waals surface area contributed by atoms with Crippen molar-refractivity contribution in [3.05, 3.63) is 23.8 Å². The first kappa shape index (κ1) is 14.6. The summed E-state index contributed by atoms with van der Waals surface area (Å²) in [6.45, 7) is 4.19. The van der Waals surface area contributed by atoms with Gasteiger partial charge in [0, 0.05) is 23.7 Å². The van der Waals surface area contributed by atoms with Crippen LogP contribution in [0, 0.1) is 28.6 Å². The lowest BCUT2D eigenvalue weighted by Gasteiger charge is -2.56. The Kier molecular flexibility index (Phi) is 2.87. The van der Waals surface area contributed by atoms with Crippen molar-refractivity contribution in [1.29, 1.82) is 0 Å². The Morgan fingerprint density at radius 2 is 1.95 bits per heavy atom. The Labute approximate surface area is 131 Å². The number of carbonyl (C=O) groups excluding carboxylic acids is 1. The number of hydrogen-bond acceptors (Lipinski definition) is 2. The van der Waals surface area contributed by atoms with Crippen molar-refractivity contribution in [1.82, 2.24) is 0 Å². The number of allylic oxidation sites excluding steroid dienone is 4. The van der Waals surface area contributed by atoms with E-state index in [4.69, 9.17) is 0 Å². The number of rotatable bonds is 0. The van der Waals surface area contributed by atoms with Crippen molar-refractivity contribution in [3.8, 4) is 0 Å². The predicted molar refractivity (Wildman–Crippen MR) is 82.7 cm³/mol. The summed E-state index contributed by atoms with van der Waals surface area (Å²) in [5.41, 5.74) is 0.623. The molecule has 0 radical (unpaired) electrons. The van der Waals surface area contributed by atoms with Gasteiger partial charge in [-0.05, 0) is 49.5 Å². The molecule has 0 heterocycles. The molecular weight excluding hydrogens is 279 g/mol. The number of carbonyl (C=O) groups is 1. The summed E-state index contributed by atoms with van der Waals surface area (Å²) in [7, 11) is 0. The predicted octanol–water partition coefficient (Wildman–Crippen LogP) is 3.95. The monoisotopic (exact) mass is 304 g/mol. The number of fused-ring (bicyclic) bond motifs is 5. The minimum Gasteiger partial charge on any atom is -0.361 e. The Morgan fingerprint density at radius 3 is 2.73 bits per heavy atom. The van der Waals surface area contributed by atoms with E-state index in [1.165, 1.54) is 5.57 Å². The minimum absolute atomic E-state index is 0.0465. The Bertz CT molecular complexity index is 590. The molecule has 3 heteroatoms. The molecule has 0 saturated heterocycles. The fraction of sp³-hybridized carbons (Fsp3) is 0.737. The van der Waals surface area contributed by atoms with Gasteiger partial charge >= 0.3 is 0 Å². The van der Waals surface area contributed by atoms with Crippen molar-refractivity contribution < 1.29 is 14.3 Å². The van der Waals surface area contributed by atoms with E-state index in [-0.39, 0.29) is 23.5 Å². The van der Waals surface area contributed by atoms with Crippen LogP contribution >= 0.6 is 0 Å². The van der Waals surface area contributed by atoms with E-state index in [2.05, 4.69) is 19.1 Å². The average molecular weight is 304 g/mol. The molecule has 0 aromatic rings. The summed E-state index contributed by atoms with van der Waals surface area (Å²) < 4.78 is 14.7. The van der Waals surface area contributed by atoms with Gasteiger partial charge in [-0.3, -0.25) is 4.79 Å². The van der Waals surface area contributed by atoms with E-state index in [9.17, 15) is 14.3 Å². The molecule has 4 aliphatic carbocycles. The zero-order valence-electron chi connectivity index (χ0n) is 13.4. The Morgan fingerprint density at radius 1 is 1.23 bits per heavy atom. The van der Waals surface area contributed by atoms with Crippen molar-refractivity contribution in [2.75, 3.05) is 0 Å². The molecule has 120 valence electrons. The van der Waals surface area contributed by atoms with E-state index in [1.807, 2.05) is 6.92 Å². The zero-order chi connectivity index (χ0) is 15.8. The molecule has 6 atom stereocenters. The SMILES string of the molecule is C[C@]12C=CC(=O)CC1=CC[C@@H]1[C@H]2CC[C@@]2(C)[C@H]1CCC2(O)F. The summed E-state index contributed by atoms with van der Waals surface area (Å²) >= 11 is 0. The summed E-state index contributed by atoms with van der Waals surface area (Å²) in [5, 5.41) is 10.2. The first-order valence-corrected chi connectivity index (χ1v) is 8.61. The maximum atomic E-state index is 14.7. The van der Waals surface area contributed by atoms with E-state index in [1.54, 1.807) is 6.08 Å². The van der Waals surface area contributed by atoms with E-state index < -0.39 is 11.3 Å². The van der Waals surface area contributed by atoms with Crippen molar-refractivity contribution in [2.45, 2.75) is 58.2 Å². The highest BCUT2D eigenvalue weighted by Crippen LogP contribution is 2.66. The van der Waals surface area contributed by atoms with E-state index in [0.717, 1.165) is 25.7 Å². The van der Waals surface area contributed by atoms with E-state index >= 15 is 0 Å². The Balaban J connectivity index is 1.73. The number of halogens is 1. The Hall–Kier alpha value is -0.960. The summed E-state index contributed by atoms with van der Waals surface area (Å²) in [5.74, 6) is -0.658. The van der Waals surface area contributed by atoms with Gasteiger partial charge in [-0.15, -0.1) is 0 Å². The molecule has 2 saturated carbocycles. The standard InChI is InChI=1S/C19H25FO2/c1-17-8-5-13(21)11-12(17)3-4-14-15(17)6-9-18(2)16(14)7-10-19(18,20)22/h3,5,8,14-16,22H,4,6-7,9-11H2,1-2H3/t14-,15-,16+,17+,18+,19?/m1/s1. The van der Waals surface area contributed by atoms with Gasteiger partial charge in [-0.25, -0.2) is 4.39 Å². The summed E-state index contributed by atoms with van der Waals surface area (Å²) in [6.07, 6.45) is 10.3. The molecule has 22 heavy (non-hydrogen) atoms. The number of hydrogen-bond donors (Lipinski definition) is 1. The molecule has 1 unspecified atom stereocenters. The van der Waals surface area contributed by atoms with Gasteiger partial charge in [0.1, 0.15) is 0 Å². The first-order valence-electron chi connectivity index (χ1n) is 8.61. The van der Waals surface area contributed by atoms with Gasteiger partial charge < -0.3 is 5.11 Å². The van der Waals surface area contributed by atoms with Crippen LogP contribution in [-0.4, -0.2) is 16.7 Å². The van der Waals surface area contributed by atoms with Gasteiger partial charge in [-0.1, -0.05) is 31.6 Å². The van der Waals surface area contributed by atoms with Crippen molar-refractivity contribution in [3.63, 3.8) is 0 Å². The maximum absolute atomic E-state index is 14.7. The van der Waals surface area contributed by atoms with Crippen LogP contribution in [0.3, 0.4) is 0 Å². The van der Waals surface area contributed by atoms with Gasteiger partial charge in [0.15, 0.2) is 5.78 Å². The molecule has 4 rings (SSSR count). The average Bonchev–Trinajstić information content (AvgIpc) is 2.70. The fourth-order valence-corrected chi connectivity index (χ4v) is 6.06. The molecule has 0 aliphatic heterocycles. The van der Waals surface area contributed by atoms with Crippen LogP contribution in [-0.2, 0) is 4.79 Å². The molecule has 4 aliphatic rings. The second-order valence-electron chi connectivity index (χ2n) is 8.36. The molecule has 2 fully saturated rings. The molecule has 0 aromatic carbocycles. The quantitative estimate of drug-likeness (QED) is 0.688. The largest absolute Gasteiger partial charge is 0.361 e. The first-order chi connectivity index (χ1) is 10.3. The highest BCUT2D eigenvalue weighted by atomic mass is 19.2. The van der Waals surface area contributed by atoms with Crippen LogP contribution in [0.5, 0.6) is 0 Å². The van der Waals surface area contributed by atoms with Crippen molar-refractivity contribution in [2.24, 2.45) is 28.6 Å². The maximum Gasteiger partial charge on any atom is 0.212 e. The smallest absolute Gasteiger partial charge is 0.212 e. The lowest BCUT2D eigenvalue weighted by atomic mass is 9.49. The van der Waals surface area contributed by atoms with Crippen LogP contribution in [0.1, 0.15) is 52.4 Å². The number of ketones is 1. The summed E-state index contributed by atoms with van der Waals surface area (Å²) in [6, 6.07) is 0. The van der Waals surface area contributed by atoms with Gasteiger partial charge in [0.2, 0.25) is 5.85 Å². The zero-order valence-corrected chi connectivity index (χ0v) is 13.4. The van der Waals surface area contributed by atoms with Crippen LogP contribution in [0.2, 0.25) is 0 Å². The molecule has 1 N–H and O–H groups in total. The minimum atomic E-state index is -2.01. The third-order valence-corrected chi connectivity index (χ3v) is 7.57. The van der Waals surface area contributed by atoms with Crippen LogP contribution < -0.4 is 0 Å². The van der Waals surface area contributed by atoms with Gasteiger partial charge in [0.25, 0.3) is 0 Å². The number of aliphatic hydroxyl groups is 1. The topological polar surface area (TPSA) is 37.3 Å². The van der Waals surface area contributed by atoms with Crippen LogP contribution in [0.15, 0.2) is 23.8 Å². The van der Waals surface area contributed by atoms with Gasteiger partial charge in [-0.2, -0.15) is 0 Å². The van der Waals surface area contributed by atoms with Crippen LogP contribution in [0.25, 0.3) is 0 Å². The lowest BCUT2D eigenvalue weighted by Crippen LogP contribution is -2.52. The third kappa shape index (κ3) is 1.66. The molecule has 2 nitrogen and oxygen atoms in total. The lowest BCUT2D eigenvalue weighted by molar-refractivity contribution is -0.195. The summed E-state index contributed by atoms with van der Waals surface area (Å²) in [4.78, 5) is 11.7. The molecule has 0 amide bonds. The second kappa shape index (κ2) is 4.31. The molecular formula is C19H25FO2. The molecule has 0 bridgehead atoms. The highest BCUT2D eigenvalue weighted by Gasteiger charge is 2.64. The second-order valence-corrected chi connectivity index (χ2v) is 8.36. The molecule has 0 aromatic heterocycles. The third-order valence-electron chi connectivity index (χ3n) is 7.57.